The predicted molar refractivity (Wildman–Crippen MR) is 128 cm³/mol. The van der Waals surface area contributed by atoms with E-state index < -0.39 is 6.10 Å². The highest BCUT2D eigenvalue weighted by Gasteiger charge is 2.21. The molecular weight excluding hydrogens is 434 g/mol. The molecule has 1 fully saturated rings. The number of hydrogen-bond donors (Lipinski definition) is 2. The average molecular weight is 470 g/mol. The fourth-order valence-corrected chi connectivity index (χ4v) is 4.46. The zero-order chi connectivity index (χ0) is 23.8. The van der Waals surface area contributed by atoms with E-state index in [1.54, 1.807) is 6.92 Å². The number of aliphatic hydroxyl groups is 1. The van der Waals surface area contributed by atoms with Gasteiger partial charge in [-0.05, 0) is 80.0 Å². The molecule has 7 heteroatoms. The van der Waals surface area contributed by atoms with Crippen molar-refractivity contribution in [3.63, 3.8) is 0 Å². The van der Waals surface area contributed by atoms with E-state index in [2.05, 4.69) is 11.4 Å². The number of esters is 1. The molecule has 3 atom stereocenters. The van der Waals surface area contributed by atoms with Gasteiger partial charge < -0.3 is 29.4 Å². The summed E-state index contributed by atoms with van der Waals surface area (Å²) in [6.45, 7) is 3.26. The predicted octanol–water partition coefficient (Wildman–Crippen LogP) is 3.71. The Balaban J connectivity index is 1.25. The number of carbonyl (C=O) groups is 1. The summed E-state index contributed by atoms with van der Waals surface area (Å²) < 4.78 is 22.0. The molecule has 1 saturated heterocycles. The van der Waals surface area contributed by atoms with Gasteiger partial charge in [-0.3, -0.25) is 0 Å². The molecule has 2 aromatic rings. The number of benzene rings is 2. The summed E-state index contributed by atoms with van der Waals surface area (Å²) in [4.78, 5) is 11.5. The zero-order valence-electron chi connectivity index (χ0n) is 19.8. The molecule has 2 unspecified atom stereocenters. The highest BCUT2D eigenvalue weighted by Crippen LogP contribution is 2.27. The monoisotopic (exact) mass is 469 g/mol. The summed E-state index contributed by atoms with van der Waals surface area (Å²) >= 11 is 0. The van der Waals surface area contributed by atoms with Gasteiger partial charge in [0, 0.05) is 19.0 Å². The molecule has 1 aliphatic carbocycles. The van der Waals surface area contributed by atoms with Gasteiger partial charge in [-0.2, -0.15) is 0 Å². The van der Waals surface area contributed by atoms with Crippen LogP contribution in [0.2, 0.25) is 0 Å². The second-order valence-corrected chi connectivity index (χ2v) is 8.87. The highest BCUT2D eigenvalue weighted by molar-refractivity contribution is 5.71. The van der Waals surface area contributed by atoms with E-state index in [4.69, 9.17) is 18.9 Å². The van der Waals surface area contributed by atoms with E-state index in [1.807, 2.05) is 36.4 Å². The maximum atomic E-state index is 11.5. The van der Waals surface area contributed by atoms with Crippen molar-refractivity contribution >= 4 is 5.97 Å². The quantitative estimate of drug-likeness (QED) is 0.513. The van der Waals surface area contributed by atoms with Crippen LogP contribution in [0.5, 0.6) is 11.5 Å². The molecule has 0 amide bonds. The van der Waals surface area contributed by atoms with Gasteiger partial charge in [-0.15, -0.1) is 0 Å². The Morgan fingerprint density at radius 2 is 1.94 bits per heavy atom. The molecule has 0 bridgehead atoms. The van der Waals surface area contributed by atoms with E-state index >= 15 is 0 Å². The van der Waals surface area contributed by atoms with Crippen molar-refractivity contribution in [3.05, 3.63) is 59.2 Å². The Kier molecular flexibility index (Phi) is 8.79. The number of fused-ring (bicyclic) bond motifs is 1. The molecule has 2 aliphatic rings. The number of carbonyl (C=O) groups excluding carboxylic acids is 1. The van der Waals surface area contributed by atoms with Gasteiger partial charge in [0.1, 0.15) is 11.5 Å². The first-order chi connectivity index (χ1) is 16.6. The Morgan fingerprint density at radius 3 is 2.71 bits per heavy atom. The van der Waals surface area contributed by atoms with Crippen LogP contribution in [0.25, 0.3) is 0 Å². The Bertz CT molecular complexity index is 925. The number of aliphatic hydroxyl groups excluding tert-OH is 1. The van der Waals surface area contributed by atoms with E-state index in [0.29, 0.717) is 18.9 Å². The molecule has 184 valence electrons. The molecule has 4 rings (SSSR count). The number of nitrogens with one attached hydrogen (secondary N) is 1. The molecule has 34 heavy (non-hydrogen) atoms. The molecule has 0 spiro atoms. The van der Waals surface area contributed by atoms with Crippen molar-refractivity contribution in [2.45, 2.75) is 63.9 Å². The number of ether oxygens (including phenoxy) is 4. The van der Waals surface area contributed by atoms with Gasteiger partial charge >= 0.3 is 5.97 Å². The van der Waals surface area contributed by atoms with Crippen LogP contribution in [0.3, 0.4) is 0 Å². The summed E-state index contributed by atoms with van der Waals surface area (Å²) in [5.74, 6) is 1.07. The van der Waals surface area contributed by atoms with Crippen molar-refractivity contribution in [1.29, 1.82) is 0 Å². The summed E-state index contributed by atoms with van der Waals surface area (Å²) in [6.07, 6.45) is 5.20. The first-order valence-electron chi connectivity index (χ1n) is 12.3. The van der Waals surface area contributed by atoms with Gasteiger partial charge in [-0.1, -0.05) is 18.2 Å². The normalized spacial score (nSPS) is 20.8. The molecule has 1 aliphatic heterocycles. The number of aryl methyl sites for hydroxylation is 1. The number of hydrogen-bond acceptors (Lipinski definition) is 7. The Hall–Kier alpha value is -2.61. The molecule has 0 saturated carbocycles. The average Bonchev–Trinajstić information content (AvgIpc) is 2.87. The Labute approximate surface area is 201 Å². The maximum absolute atomic E-state index is 11.5. The highest BCUT2D eigenvalue weighted by atomic mass is 16.7. The second kappa shape index (κ2) is 12.2. The van der Waals surface area contributed by atoms with Crippen LogP contribution < -0.4 is 14.8 Å². The maximum Gasteiger partial charge on any atom is 0.344 e. The molecule has 1 heterocycles. The van der Waals surface area contributed by atoms with Crippen LogP contribution in [0.15, 0.2) is 42.5 Å². The Morgan fingerprint density at radius 1 is 1.12 bits per heavy atom. The fourth-order valence-electron chi connectivity index (χ4n) is 4.46. The third kappa shape index (κ3) is 6.95. The summed E-state index contributed by atoms with van der Waals surface area (Å²) in [6, 6.07) is 13.9. The van der Waals surface area contributed by atoms with Gasteiger partial charge in [-0.25, -0.2) is 4.79 Å². The lowest BCUT2D eigenvalue weighted by Crippen LogP contribution is -2.37. The second-order valence-electron chi connectivity index (χ2n) is 8.87. The molecular formula is C27H35NO6. The van der Waals surface area contributed by atoms with Gasteiger partial charge in [0.15, 0.2) is 12.9 Å². The smallest absolute Gasteiger partial charge is 0.344 e. The van der Waals surface area contributed by atoms with Gasteiger partial charge in [0.2, 0.25) is 0 Å². The molecule has 2 N–H and O–H groups in total. The van der Waals surface area contributed by atoms with Crippen LogP contribution in [0, 0.1) is 0 Å². The molecule has 0 aromatic heterocycles. The fraction of sp³-hybridized carbons (Fsp3) is 0.519. The molecule has 7 nitrogen and oxygen atoms in total. The SMILES string of the molecule is CCOC(=O)COc1ccc2c(c1)C[C@@H](NCC(O)c1ccc(OC3CCCCO3)cc1)CC2. The topological polar surface area (TPSA) is 86.3 Å². The summed E-state index contributed by atoms with van der Waals surface area (Å²) in [7, 11) is 0. The summed E-state index contributed by atoms with van der Waals surface area (Å²) in [5, 5.41) is 14.2. The van der Waals surface area contributed by atoms with Crippen molar-refractivity contribution in [1.82, 2.24) is 5.32 Å². The first kappa shape index (κ1) is 24.5. The minimum Gasteiger partial charge on any atom is -0.482 e. The summed E-state index contributed by atoms with van der Waals surface area (Å²) in [5.41, 5.74) is 3.38. The minimum absolute atomic E-state index is 0.0853. The van der Waals surface area contributed by atoms with Crippen molar-refractivity contribution in [2.75, 3.05) is 26.4 Å². The van der Waals surface area contributed by atoms with E-state index in [0.717, 1.165) is 56.4 Å². The molecule has 0 radical (unpaired) electrons. The van der Waals surface area contributed by atoms with E-state index in [1.165, 1.54) is 11.1 Å². The van der Waals surface area contributed by atoms with E-state index in [-0.39, 0.29) is 24.9 Å². The van der Waals surface area contributed by atoms with Crippen LogP contribution >= 0.6 is 0 Å². The lowest BCUT2D eigenvalue weighted by Gasteiger charge is -2.27. The van der Waals surface area contributed by atoms with Gasteiger partial charge in [0.05, 0.1) is 19.3 Å². The van der Waals surface area contributed by atoms with Crippen LogP contribution in [0.4, 0.5) is 0 Å². The minimum atomic E-state index is -0.597. The van der Waals surface area contributed by atoms with E-state index in [9.17, 15) is 9.90 Å². The van der Waals surface area contributed by atoms with Crippen molar-refractivity contribution in [2.24, 2.45) is 0 Å². The van der Waals surface area contributed by atoms with Crippen LogP contribution in [-0.4, -0.2) is 49.8 Å². The van der Waals surface area contributed by atoms with Gasteiger partial charge in [0.25, 0.3) is 0 Å². The third-order valence-electron chi connectivity index (χ3n) is 6.34. The van der Waals surface area contributed by atoms with Crippen molar-refractivity contribution < 1.29 is 28.8 Å². The number of rotatable bonds is 10. The largest absolute Gasteiger partial charge is 0.482 e. The third-order valence-corrected chi connectivity index (χ3v) is 6.34. The van der Waals surface area contributed by atoms with Crippen LogP contribution in [0.1, 0.15) is 55.4 Å². The van der Waals surface area contributed by atoms with Crippen LogP contribution in [-0.2, 0) is 27.1 Å². The van der Waals surface area contributed by atoms with Crippen molar-refractivity contribution in [3.8, 4) is 11.5 Å². The first-order valence-corrected chi connectivity index (χ1v) is 12.3. The lowest BCUT2D eigenvalue weighted by atomic mass is 9.88. The zero-order valence-corrected chi connectivity index (χ0v) is 19.8. The molecule has 2 aromatic carbocycles. The standard InChI is InChI=1S/C27H35NO6/c1-2-31-26(30)18-33-24-13-7-19-6-10-22(15-21(19)16-24)28-17-25(29)20-8-11-23(12-9-20)34-27-5-3-4-14-32-27/h7-9,11-13,16,22,25,27-29H,2-6,10,14-15,17-18H2,1H3/t22-,25?,27?/m0/s1. The lowest BCUT2D eigenvalue weighted by molar-refractivity contribution is -0.145.